The quantitative estimate of drug-likeness (QED) is 0.431. The topological polar surface area (TPSA) is 85.3 Å². The Labute approximate surface area is 167 Å². The molecular weight excluding hydrogens is 379 g/mol. The molecule has 1 aliphatic heterocycles. The van der Waals surface area contributed by atoms with Crippen molar-refractivity contribution in [3.63, 3.8) is 0 Å². The van der Waals surface area contributed by atoms with E-state index in [1.54, 1.807) is 6.92 Å². The van der Waals surface area contributed by atoms with Gasteiger partial charge in [-0.15, -0.1) is 0 Å². The number of anilines is 1. The van der Waals surface area contributed by atoms with Crippen molar-refractivity contribution in [2.75, 3.05) is 18.1 Å². The van der Waals surface area contributed by atoms with Crippen LogP contribution >= 0.6 is 0 Å². The maximum atomic E-state index is 14.8. The molecule has 1 aromatic carbocycles. The second kappa shape index (κ2) is 7.77. The van der Waals surface area contributed by atoms with E-state index in [0.717, 1.165) is 23.3 Å². The lowest BCUT2D eigenvalue weighted by Crippen LogP contribution is -2.32. The molecule has 0 atom stereocenters. The third-order valence-corrected chi connectivity index (χ3v) is 5.41. The molecule has 2 amide bonds. The van der Waals surface area contributed by atoms with E-state index < -0.39 is 23.6 Å². The van der Waals surface area contributed by atoms with Gasteiger partial charge in [0.1, 0.15) is 5.82 Å². The smallest absolute Gasteiger partial charge is 0.347 e. The molecule has 1 aromatic rings. The number of aryl methyl sites for hydroxylation is 1. The van der Waals surface area contributed by atoms with E-state index in [1.165, 1.54) is 12.1 Å². The highest BCUT2D eigenvalue weighted by Crippen LogP contribution is 2.38. The summed E-state index contributed by atoms with van der Waals surface area (Å²) in [6.45, 7) is 1.63. The number of hydrogen-bond acceptors (Lipinski definition) is 6. The van der Waals surface area contributed by atoms with Crippen LogP contribution in [0.5, 0.6) is 0 Å². The zero-order valence-electron chi connectivity index (χ0n) is 16.1. The molecule has 0 bridgehead atoms. The van der Waals surface area contributed by atoms with Crippen LogP contribution < -0.4 is 4.90 Å². The Morgan fingerprint density at radius 2 is 1.79 bits per heavy atom. The van der Waals surface area contributed by atoms with Crippen LogP contribution in [-0.4, -0.2) is 36.7 Å². The monoisotopic (exact) mass is 400 g/mol. The Bertz CT molecular complexity index is 938. The normalized spacial score (nSPS) is 19.7. The lowest BCUT2D eigenvalue weighted by molar-refractivity contribution is -0.148. The first-order valence-electron chi connectivity index (χ1n) is 9.79. The molecule has 0 spiro atoms. The van der Waals surface area contributed by atoms with Gasteiger partial charge in [-0.2, -0.15) is 0 Å². The maximum Gasteiger partial charge on any atom is 0.347 e. The molecule has 1 heterocycles. The van der Waals surface area contributed by atoms with Gasteiger partial charge in [0.2, 0.25) is 6.61 Å². The number of halogens is 1. The van der Waals surface area contributed by atoms with Crippen LogP contribution in [0.25, 0.3) is 0 Å². The van der Waals surface area contributed by atoms with Gasteiger partial charge in [-0.1, -0.05) is 5.16 Å². The van der Waals surface area contributed by atoms with Gasteiger partial charge < -0.3 is 9.57 Å². The summed E-state index contributed by atoms with van der Waals surface area (Å²) in [5, 5.41) is 3.99. The standard InChI is InChI=1S/C21H21FN2O5/c1-2-28-19(25)11-29-23-17-8-7-12-9-16(22)18(10-15(12)17)24-20(26)13-5-3-4-6-14(13)21(24)27/h9-10H,2-8,11H2,1H3. The molecule has 0 fully saturated rings. The van der Waals surface area contributed by atoms with Gasteiger partial charge >= 0.3 is 5.97 Å². The summed E-state index contributed by atoms with van der Waals surface area (Å²) in [5.74, 6) is -2.00. The summed E-state index contributed by atoms with van der Waals surface area (Å²) in [6.07, 6.45) is 3.89. The molecule has 2 aliphatic carbocycles. The van der Waals surface area contributed by atoms with Crippen LogP contribution in [0.3, 0.4) is 0 Å². The number of carbonyl (C=O) groups excluding carboxylic acids is 3. The molecule has 0 aromatic heterocycles. The van der Waals surface area contributed by atoms with Crippen LogP contribution in [0, 0.1) is 5.82 Å². The Kier molecular flexibility index (Phi) is 5.17. The molecule has 29 heavy (non-hydrogen) atoms. The largest absolute Gasteiger partial charge is 0.463 e. The number of fused-ring (bicyclic) bond motifs is 1. The van der Waals surface area contributed by atoms with Crippen LogP contribution in [0.1, 0.15) is 50.2 Å². The number of nitrogens with zero attached hydrogens (tertiary/aromatic N) is 2. The van der Waals surface area contributed by atoms with E-state index in [1.807, 2.05) is 0 Å². The Balaban J connectivity index is 1.60. The Morgan fingerprint density at radius 1 is 1.10 bits per heavy atom. The van der Waals surface area contributed by atoms with Crippen molar-refractivity contribution < 1.29 is 28.3 Å². The summed E-state index contributed by atoms with van der Waals surface area (Å²) < 4.78 is 19.6. The molecule has 152 valence electrons. The van der Waals surface area contributed by atoms with Crippen molar-refractivity contribution in [3.05, 3.63) is 40.2 Å². The van der Waals surface area contributed by atoms with Crippen LogP contribution in [-0.2, 0) is 30.4 Å². The summed E-state index contributed by atoms with van der Waals surface area (Å²) in [4.78, 5) is 42.9. The van der Waals surface area contributed by atoms with Gasteiger partial charge in [0.05, 0.1) is 18.0 Å². The van der Waals surface area contributed by atoms with E-state index >= 15 is 0 Å². The minimum atomic E-state index is -0.612. The maximum absolute atomic E-state index is 14.8. The van der Waals surface area contributed by atoms with Crippen molar-refractivity contribution in [1.82, 2.24) is 0 Å². The second-order valence-electron chi connectivity index (χ2n) is 7.19. The number of carbonyl (C=O) groups is 3. The van der Waals surface area contributed by atoms with Crippen molar-refractivity contribution in [2.45, 2.75) is 45.4 Å². The first kappa shape index (κ1) is 19.3. The van der Waals surface area contributed by atoms with E-state index in [4.69, 9.17) is 9.57 Å². The predicted octanol–water partition coefficient (Wildman–Crippen LogP) is 2.80. The van der Waals surface area contributed by atoms with Gasteiger partial charge in [-0.05, 0) is 63.1 Å². The number of hydrogen-bond donors (Lipinski definition) is 0. The third kappa shape index (κ3) is 3.43. The molecule has 0 saturated heterocycles. The molecule has 0 saturated carbocycles. The number of esters is 1. The fourth-order valence-corrected chi connectivity index (χ4v) is 4.06. The SMILES string of the molecule is CCOC(=O)CON=C1CCc2cc(F)c(N3C(=O)C4=C(CCCC4)C3=O)cc21. The van der Waals surface area contributed by atoms with Crippen molar-refractivity contribution >= 4 is 29.2 Å². The van der Waals surface area contributed by atoms with Crippen LogP contribution in [0.4, 0.5) is 10.1 Å². The molecule has 7 nitrogen and oxygen atoms in total. The first-order valence-corrected chi connectivity index (χ1v) is 9.79. The fourth-order valence-electron chi connectivity index (χ4n) is 4.06. The van der Waals surface area contributed by atoms with E-state index in [2.05, 4.69) is 5.16 Å². The van der Waals surface area contributed by atoms with Gasteiger partial charge in [-0.25, -0.2) is 14.1 Å². The number of rotatable bonds is 5. The molecule has 0 radical (unpaired) electrons. The average molecular weight is 400 g/mol. The summed E-state index contributed by atoms with van der Waals surface area (Å²) in [7, 11) is 0. The van der Waals surface area contributed by atoms with Crippen molar-refractivity contribution in [1.29, 1.82) is 0 Å². The van der Waals surface area contributed by atoms with Gasteiger partial charge in [-0.3, -0.25) is 9.59 Å². The molecule has 0 N–H and O–H groups in total. The number of imide groups is 1. The average Bonchev–Trinajstić information content (AvgIpc) is 3.20. The minimum Gasteiger partial charge on any atom is -0.463 e. The highest BCUT2D eigenvalue weighted by Gasteiger charge is 2.41. The fraction of sp³-hybridized carbons (Fsp3) is 0.429. The van der Waals surface area contributed by atoms with Gasteiger partial charge in [0.15, 0.2) is 0 Å². The minimum absolute atomic E-state index is 0.0619. The van der Waals surface area contributed by atoms with Crippen molar-refractivity contribution in [3.8, 4) is 0 Å². The van der Waals surface area contributed by atoms with E-state index in [9.17, 15) is 18.8 Å². The molecular formula is C21H21FN2O5. The van der Waals surface area contributed by atoms with E-state index in [-0.39, 0.29) is 18.9 Å². The summed E-state index contributed by atoms with van der Waals surface area (Å²) in [6, 6.07) is 2.83. The third-order valence-electron chi connectivity index (χ3n) is 5.41. The zero-order valence-corrected chi connectivity index (χ0v) is 16.1. The van der Waals surface area contributed by atoms with Crippen LogP contribution in [0.15, 0.2) is 28.4 Å². The summed E-state index contributed by atoms with van der Waals surface area (Å²) >= 11 is 0. The van der Waals surface area contributed by atoms with Crippen molar-refractivity contribution in [2.24, 2.45) is 5.16 Å². The first-order chi connectivity index (χ1) is 14.0. The van der Waals surface area contributed by atoms with Crippen LogP contribution in [0.2, 0.25) is 0 Å². The van der Waals surface area contributed by atoms with Gasteiger partial charge in [0.25, 0.3) is 11.8 Å². The Hall–Kier alpha value is -3.03. The molecule has 4 rings (SSSR count). The highest BCUT2D eigenvalue weighted by atomic mass is 19.1. The number of benzene rings is 1. The number of ether oxygens (including phenoxy) is 1. The zero-order chi connectivity index (χ0) is 20.5. The highest BCUT2D eigenvalue weighted by molar-refractivity contribution is 6.33. The molecule has 3 aliphatic rings. The predicted molar refractivity (Wildman–Crippen MR) is 102 cm³/mol. The lowest BCUT2D eigenvalue weighted by Gasteiger charge is -2.17. The molecule has 0 unspecified atom stereocenters. The number of oxime groups is 1. The number of amides is 2. The molecule has 8 heteroatoms. The Morgan fingerprint density at radius 3 is 2.45 bits per heavy atom. The summed E-state index contributed by atoms with van der Waals surface area (Å²) in [5.41, 5.74) is 2.84. The second-order valence-corrected chi connectivity index (χ2v) is 7.19. The van der Waals surface area contributed by atoms with E-state index in [0.29, 0.717) is 48.1 Å². The lowest BCUT2D eigenvalue weighted by atomic mass is 9.93. The van der Waals surface area contributed by atoms with Gasteiger partial charge in [0, 0.05) is 16.7 Å².